The normalized spacial score (nSPS) is 14.4. The molecule has 3 aromatic rings. The molecule has 0 spiro atoms. The Balaban J connectivity index is 1.53. The first kappa shape index (κ1) is 17.4. The first-order chi connectivity index (χ1) is 13.1. The number of nitrogens with one attached hydrogen (secondary N) is 1. The van der Waals surface area contributed by atoms with Gasteiger partial charge in [-0.05, 0) is 18.2 Å². The van der Waals surface area contributed by atoms with Crippen molar-refractivity contribution < 1.29 is 9.21 Å². The third kappa shape index (κ3) is 3.59. The number of H-pyrrole nitrogens is 1. The number of hydrogen-bond donors (Lipinski definition) is 1. The van der Waals surface area contributed by atoms with E-state index in [1.54, 1.807) is 23.1 Å². The molecular weight excluding hydrogens is 368 g/mol. The molecule has 3 heterocycles. The largest absolute Gasteiger partial charge is 0.459 e. The smallest absolute Gasteiger partial charge is 0.289 e. The lowest BCUT2D eigenvalue weighted by Crippen LogP contribution is -2.49. The van der Waals surface area contributed by atoms with Crippen LogP contribution in [0, 0.1) is 0 Å². The van der Waals surface area contributed by atoms with Gasteiger partial charge in [-0.1, -0.05) is 29.8 Å². The minimum Gasteiger partial charge on any atom is -0.459 e. The van der Waals surface area contributed by atoms with Crippen LogP contribution in [0.2, 0.25) is 5.02 Å². The fourth-order valence-corrected chi connectivity index (χ4v) is 3.31. The van der Waals surface area contributed by atoms with Crippen LogP contribution in [0.25, 0.3) is 11.3 Å². The van der Waals surface area contributed by atoms with E-state index >= 15 is 0 Å². The standard InChI is InChI=1S/C19H17ClN4O3/c20-14-5-2-1-4-13(14)15-12-17(25)22-19(21-15)24-9-7-23(8-10-24)18(26)16-6-3-11-27-16/h1-6,11-12H,7-10H2,(H,21,22,25). The van der Waals surface area contributed by atoms with Crippen molar-refractivity contribution in [2.75, 3.05) is 31.1 Å². The van der Waals surface area contributed by atoms with Crippen LogP contribution in [0.5, 0.6) is 0 Å². The van der Waals surface area contributed by atoms with Gasteiger partial charge in [-0.25, -0.2) is 4.98 Å². The van der Waals surface area contributed by atoms with Crippen molar-refractivity contribution in [1.29, 1.82) is 0 Å². The van der Waals surface area contributed by atoms with Crippen molar-refractivity contribution in [1.82, 2.24) is 14.9 Å². The Bertz CT molecular complexity index is 1010. The SMILES string of the molecule is O=C(c1ccco1)N1CCN(c2nc(-c3ccccc3Cl)cc(=O)[nH]2)CC1. The molecule has 1 aromatic carbocycles. The lowest BCUT2D eigenvalue weighted by Gasteiger charge is -2.34. The number of aromatic amines is 1. The van der Waals surface area contributed by atoms with Crippen molar-refractivity contribution in [3.8, 4) is 11.3 Å². The molecule has 7 nitrogen and oxygen atoms in total. The average molecular weight is 385 g/mol. The van der Waals surface area contributed by atoms with Gasteiger partial charge in [-0.15, -0.1) is 0 Å². The maximum absolute atomic E-state index is 12.4. The van der Waals surface area contributed by atoms with Crippen LogP contribution in [0.3, 0.4) is 0 Å². The van der Waals surface area contributed by atoms with Crippen molar-refractivity contribution in [2.45, 2.75) is 0 Å². The summed E-state index contributed by atoms with van der Waals surface area (Å²) >= 11 is 6.23. The zero-order chi connectivity index (χ0) is 18.8. The van der Waals surface area contributed by atoms with Crippen molar-refractivity contribution >= 4 is 23.5 Å². The summed E-state index contributed by atoms with van der Waals surface area (Å²) < 4.78 is 5.17. The van der Waals surface area contributed by atoms with Gasteiger partial charge in [0.1, 0.15) is 0 Å². The van der Waals surface area contributed by atoms with Gasteiger partial charge in [0.2, 0.25) is 5.95 Å². The Hall–Kier alpha value is -3.06. The number of furan rings is 1. The van der Waals surface area contributed by atoms with Crippen LogP contribution < -0.4 is 10.5 Å². The number of carbonyl (C=O) groups is 1. The fourth-order valence-electron chi connectivity index (χ4n) is 3.08. The number of aromatic nitrogens is 2. The second-order valence-electron chi connectivity index (χ2n) is 6.19. The zero-order valence-electron chi connectivity index (χ0n) is 14.4. The van der Waals surface area contributed by atoms with Crippen LogP contribution in [0.4, 0.5) is 5.95 Å². The Kier molecular flexibility index (Phi) is 4.68. The Morgan fingerprint density at radius 2 is 1.89 bits per heavy atom. The van der Waals surface area contributed by atoms with E-state index in [2.05, 4.69) is 9.97 Å². The van der Waals surface area contributed by atoms with E-state index in [1.807, 2.05) is 23.1 Å². The topological polar surface area (TPSA) is 82.4 Å². The number of benzene rings is 1. The predicted octanol–water partition coefficient (Wildman–Crippen LogP) is 2.65. The van der Waals surface area contributed by atoms with E-state index in [9.17, 15) is 9.59 Å². The number of halogens is 1. The van der Waals surface area contributed by atoms with Crippen molar-refractivity contribution in [3.63, 3.8) is 0 Å². The van der Waals surface area contributed by atoms with Crippen LogP contribution >= 0.6 is 11.6 Å². The first-order valence-electron chi connectivity index (χ1n) is 8.56. The highest BCUT2D eigenvalue weighted by Crippen LogP contribution is 2.26. The number of anilines is 1. The molecule has 138 valence electrons. The zero-order valence-corrected chi connectivity index (χ0v) is 15.1. The summed E-state index contributed by atoms with van der Waals surface area (Å²) in [6.45, 7) is 2.14. The summed E-state index contributed by atoms with van der Waals surface area (Å²) in [6, 6.07) is 12.0. The number of amides is 1. The van der Waals surface area contributed by atoms with Crippen molar-refractivity contribution in [3.05, 3.63) is 69.9 Å². The minimum absolute atomic E-state index is 0.133. The minimum atomic E-state index is -0.246. The molecule has 0 atom stereocenters. The van der Waals surface area contributed by atoms with Crippen LogP contribution in [0.1, 0.15) is 10.6 Å². The molecule has 0 bridgehead atoms. The number of nitrogens with zero attached hydrogens (tertiary/aromatic N) is 3. The van der Waals surface area contributed by atoms with Crippen LogP contribution in [-0.4, -0.2) is 47.0 Å². The molecule has 4 rings (SSSR count). The van der Waals surface area contributed by atoms with E-state index in [4.69, 9.17) is 16.0 Å². The molecule has 1 saturated heterocycles. The molecule has 1 N–H and O–H groups in total. The molecule has 1 amide bonds. The highest BCUT2D eigenvalue weighted by atomic mass is 35.5. The summed E-state index contributed by atoms with van der Waals surface area (Å²) in [5.74, 6) is 0.670. The second kappa shape index (κ2) is 7.28. The molecule has 1 fully saturated rings. The number of piperazine rings is 1. The van der Waals surface area contributed by atoms with E-state index in [0.717, 1.165) is 0 Å². The Morgan fingerprint density at radius 1 is 1.11 bits per heavy atom. The fraction of sp³-hybridized carbons (Fsp3) is 0.211. The molecule has 0 aliphatic carbocycles. The molecule has 2 aromatic heterocycles. The predicted molar refractivity (Wildman–Crippen MR) is 102 cm³/mol. The molecule has 1 aliphatic rings. The van der Waals surface area contributed by atoms with Gasteiger partial charge < -0.3 is 14.2 Å². The Morgan fingerprint density at radius 3 is 2.59 bits per heavy atom. The lowest BCUT2D eigenvalue weighted by molar-refractivity contribution is 0.0714. The maximum atomic E-state index is 12.4. The van der Waals surface area contributed by atoms with Gasteiger partial charge >= 0.3 is 0 Å². The lowest BCUT2D eigenvalue weighted by atomic mass is 10.1. The summed E-state index contributed by atoms with van der Waals surface area (Å²) in [4.78, 5) is 35.5. The number of rotatable bonds is 3. The summed E-state index contributed by atoms with van der Waals surface area (Å²) in [7, 11) is 0. The molecule has 8 heteroatoms. The van der Waals surface area contributed by atoms with Crippen LogP contribution in [0.15, 0.2) is 57.9 Å². The molecule has 0 unspecified atom stereocenters. The van der Waals surface area contributed by atoms with Crippen LogP contribution in [-0.2, 0) is 0 Å². The molecule has 0 saturated carbocycles. The van der Waals surface area contributed by atoms with Gasteiger partial charge in [0.05, 0.1) is 12.0 Å². The van der Waals surface area contributed by atoms with Gasteiger partial charge in [0.15, 0.2) is 5.76 Å². The second-order valence-corrected chi connectivity index (χ2v) is 6.60. The van der Waals surface area contributed by atoms with Gasteiger partial charge in [0.25, 0.3) is 11.5 Å². The molecule has 27 heavy (non-hydrogen) atoms. The highest BCUT2D eigenvalue weighted by Gasteiger charge is 2.25. The van der Waals surface area contributed by atoms with E-state index in [0.29, 0.717) is 54.2 Å². The van der Waals surface area contributed by atoms with E-state index in [-0.39, 0.29) is 11.5 Å². The van der Waals surface area contributed by atoms with Crippen molar-refractivity contribution in [2.24, 2.45) is 0 Å². The third-order valence-electron chi connectivity index (χ3n) is 4.48. The van der Waals surface area contributed by atoms with E-state index < -0.39 is 0 Å². The monoisotopic (exact) mass is 384 g/mol. The third-order valence-corrected chi connectivity index (χ3v) is 4.81. The molecule has 0 radical (unpaired) electrons. The van der Waals surface area contributed by atoms with Gasteiger partial charge in [-0.2, -0.15) is 0 Å². The van der Waals surface area contributed by atoms with Gasteiger partial charge in [0, 0.05) is 42.8 Å². The number of carbonyl (C=O) groups excluding carboxylic acids is 1. The molecule has 1 aliphatic heterocycles. The summed E-state index contributed by atoms with van der Waals surface area (Å²) in [5, 5.41) is 0.537. The Labute approximate surface area is 160 Å². The molecular formula is C19H17ClN4O3. The maximum Gasteiger partial charge on any atom is 0.289 e. The quantitative estimate of drug-likeness (QED) is 0.750. The number of hydrogen-bond acceptors (Lipinski definition) is 5. The van der Waals surface area contributed by atoms with Gasteiger partial charge in [-0.3, -0.25) is 14.6 Å². The average Bonchev–Trinajstić information content (AvgIpc) is 3.22. The first-order valence-corrected chi connectivity index (χ1v) is 8.93. The van der Waals surface area contributed by atoms with E-state index in [1.165, 1.54) is 12.3 Å². The summed E-state index contributed by atoms with van der Waals surface area (Å²) in [6.07, 6.45) is 1.48. The summed E-state index contributed by atoms with van der Waals surface area (Å²) in [5.41, 5.74) is 0.982. The highest BCUT2D eigenvalue weighted by molar-refractivity contribution is 6.33.